The summed E-state index contributed by atoms with van der Waals surface area (Å²) in [6.45, 7) is 1.97. The van der Waals surface area contributed by atoms with E-state index in [1.54, 1.807) is 0 Å². The van der Waals surface area contributed by atoms with E-state index < -0.39 is 5.97 Å². The van der Waals surface area contributed by atoms with E-state index in [0.717, 1.165) is 47.0 Å². The number of aromatic nitrogens is 1. The zero-order valence-corrected chi connectivity index (χ0v) is 12.1. The van der Waals surface area contributed by atoms with E-state index in [-0.39, 0.29) is 6.42 Å². The molecule has 0 saturated carbocycles. The first-order valence-corrected chi connectivity index (χ1v) is 7.27. The molecule has 0 fully saturated rings. The molecule has 0 unspecified atom stereocenters. The lowest BCUT2D eigenvalue weighted by molar-refractivity contribution is -0.136. The van der Waals surface area contributed by atoms with Gasteiger partial charge in [-0.2, -0.15) is 0 Å². The second-order valence-corrected chi connectivity index (χ2v) is 5.74. The minimum Gasteiger partial charge on any atom is -0.481 e. The van der Waals surface area contributed by atoms with Gasteiger partial charge >= 0.3 is 5.97 Å². The van der Waals surface area contributed by atoms with E-state index in [4.69, 9.17) is 21.7 Å². The van der Waals surface area contributed by atoms with Gasteiger partial charge in [-0.25, -0.2) is 0 Å². The van der Waals surface area contributed by atoms with Crippen molar-refractivity contribution >= 4 is 28.5 Å². The highest BCUT2D eigenvalue weighted by Crippen LogP contribution is 2.34. The van der Waals surface area contributed by atoms with Crippen LogP contribution in [0.5, 0.6) is 0 Å². The molecule has 4 heteroatoms. The Morgan fingerprint density at radius 3 is 2.95 bits per heavy atom. The summed E-state index contributed by atoms with van der Waals surface area (Å²) in [6.07, 6.45) is 3.82. The van der Waals surface area contributed by atoms with Crippen LogP contribution >= 0.6 is 11.6 Å². The van der Waals surface area contributed by atoms with Crippen molar-refractivity contribution in [1.29, 1.82) is 0 Å². The molecule has 1 aliphatic rings. The minimum absolute atomic E-state index is 0.160. The maximum absolute atomic E-state index is 10.9. The van der Waals surface area contributed by atoms with Crippen molar-refractivity contribution in [1.82, 2.24) is 4.98 Å². The number of rotatable bonds is 3. The average Bonchev–Trinajstić information content (AvgIpc) is 2.87. The number of carboxylic acids is 1. The summed E-state index contributed by atoms with van der Waals surface area (Å²) in [4.78, 5) is 15.7. The van der Waals surface area contributed by atoms with Crippen LogP contribution in [0.25, 0.3) is 10.9 Å². The lowest BCUT2D eigenvalue weighted by Crippen LogP contribution is -2.04. The highest BCUT2D eigenvalue weighted by atomic mass is 35.5. The van der Waals surface area contributed by atoms with Crippen molar-refractivity contribution in [3.63, 3.8) is 0 Å². The van der Waals surface area contributed by atoms with Gasteiger partial charge in [-0.05, 0) is 55.4 Å². The van der Waals surface area contributed by atoms with Crippen molar-refractivity contribution in [2.45, 2.75) is 39.0 Å². The molecule has 0 spiro atoms. The molecule has 1 aliphatic carbocycles. The molecule has 3 nitrogen and oxygen atoms in total. The summed E-state index contributed by atoms with van der Waals surface area (Å²) in [5.74, 6) is -0.757. The van der Waals surface area contributed by atoms with Crippen molar-refractivity contribution in [2.75, 3.05) is 0 Å². The number of pyridine rings is 1. The number of benzene rings is 1. The Kier molecular flexibility index (Phi) is 3.38. The summed E-state index contributed by atoms with van der Waals surface area (Å²) >= 11 is 6.18. The predicted molar refractivity (Wildman–Crippen MR) is 79.5 cm³/mol. The smallest absolute Gasteiger partial charge is 0.303 e. The number of nitrogens with zero attached hydrogens (tertiary/aromatic N) is 1. The fourth-order valence-corrected chi connectivity index (χ4v) is 3.21. The Bertz CT molecular complexity index is 709. The summed E-state index contributed by atoms with van der Waals surface area (Å²) in [5, 5.41) is 10.7. The molecule has 0 saturated heterocycles. The predicted octanol–water partition coefficient (Wildman–Crippen LogP) is 3.70. The molecular weight excluding hydrogens is 274 g/mol. The van der Waals surface area contributed by atoms with Crippen LogP contribution in [0.2, 0.25) is 5.02 Å². The van der Waals surface area contributed by atoms with Gasteiger partial charge in [0.2, 0.25) is 0 Å². The molecule has 0 amide bonds. The molecule has 104 valence electrons. The fraction of sp³-hybridized carbons (Fsp3) is 0.375. The number of aryl methyl sites for hydroxylation is 3. The highest BCUT2D eigenvalue weighted by Gasteiger charge is 2.21. The first-order chi connectivity index (χ1) is 9.58. The van der Waals surface area contributed by atoms with E-state index in [9.17, 15) is 4.79 Å². The molecule has 20 heavy (non-hydrogen) atoms. The monoisotopic (exact) mass is 289 g/mol. The number of hydrogen-bond donors (Lipinski definition) is 1. The standard InChI is InChI=1S/C16H16ClNO2/c1-9-13(17)7-5-12-10(6-8-15(19)20)11-3-2-4-14(11)18-16(9)12/h5,7H,2-4,6,8H2,1H3,(H,19,20). The first-order valence-electron chi connectivity index (χ1n) is 6.89. The van der Waals surface area contributed by atoms with Gasteiger partial charge in [-0.1, -0.05) is 17.7 Å². The third-order valence-corrected chi connectivity index (χ3v) is 4.49. The number of carboxylic acid groups (broad SMARTS) is 1. The van der Waals surface area contributed by atoms with Crippen LogP contribution in [-0.2, 0) is 24.1 Å². The SMILES string of the molecule is Cc1c(Cl)ccc2c(CCC(=O)O)c3c(nc12)CCC3. The van der Waals surface area contributed by atoms with Gasteiger partial charge in [0.1, 0.15) is 0 Å². The van der Waals surface area contributed by atoms with Crippen LogP contribution in [0.3, 0.4) is 0 Å². The third-order valence-electron chi connectivity index (χ3n) is 4.08. The van der Waals surface area contributed by atoms with Crippen LogP contribution in [0.15, 0.2) is 12.1 Å². The Hall–Kier alpha value is -1.61. The first kappa shape index (κ1) is 13.4. The second kappa shape index (κ2) is 5.06. The maximum Gasteiger partial charge on any atom is 0.303 e. The molecule has 1 N–H and O–H groups in total. The van der Waals surface area contributed by atoms with Crippen molar-refractivity contribution in [3.05, 3.63) is 39.5 Å². The maximum atomic E-state index is 10.9. The molecule has 1 heterocycles. The van der Waals surface area contributed by atoms with E-state index >= 15 is 0 Å². The molecule has 1 aromatic heterocycles. The molecule has 0 radical (unpaired) electrons. The van der Waals surface area contributed by atoms with E-state index in [0.29, 0.717) is 11.4 Å². The van der Waals surface area contributed by atoms with Crippen molar-refractivity contribution in [2.24, 2.45) is 0 Å². The highest BCUT2D eigenvalue weighted by molar-refractivity contribution is 6.32. The average molecular weight is 290 g/mol. The number of halogens is 1. The normalized spacial score (nSPS) is 13.7. The molecular formula is C16H16ClNO2. The van der Waals surface area contributed by atoms with Crippen LogP contribution in [0.4, 0.5) is 0 Å². The molecule has 1 aromatic carbocycles. The van der Waals surface area contributed by atoms with Crippen LogP contribution < -0.4 is 0 Å². The number of hydrogen-bond acceptors (Lipinski definition) is 2. The van der Waals surface area contributed by atoms with Crippen molar-refractivity contribution in [3.8, 4) is 0 Å². The van der Waals surface area contributed by atoms with Gasteiger partial charge in [0.25, 0.3) is 0 Å². The van der Waals surface area contributed by atoms with Gasteiger partial charge < -0.3 is 5.11 Å². The van der Waals surface area contributed by atoms with Crippen molar-refractivity contribution < 1.29 is 9.90 Å². The zero-order valence-electron chi connectivity index (χ0n) is 11.4. The molecule has 0 aliphatic heterocycles. The lowest BCUT2D eigenvalue weighted by atomic mass is 9.96. The quantitative estimate of drug-likeness (QED) is 0.937. The zero-order chi connectivity index (χ0) is 14.3. The summed E-state index contributed by atoms with van der Waals surface area (Å²) < 4.78 is 0. The third kappa shape index (κ3) is 2.16. The fourth-order valence-electron chi connectivity index (χ4n) is 3.05. The van der Waals surface area contributed by atoms with E-state index in [1.807, 2.05) is 19.1 Å². The van der Waals surface area contributed by atoms with Gasteiger partial charge in [-0.3, -0.25) is 9.78 Å². The van der Waals surface area contributed by atoms with Gasteiger partial charge in [0.15, 0.2) is 0 Å². The number of fused-ring (bicyclic) bond motifs is 2. The Labute approximate surface area is 122 Å². The van der Waals surface area contributed by atoms with Gasteiger partial charge in [0, 0.05) is 22.5 Å². The Morgan fingerprint density at radius 1 is 1.40 bits per heavy atom. The van der Waals surface area contributed by atoms with Gasteiger partial charge in [-0.15, -0.1) is 0 Å². The number of aliphatic carboxylic acids is 1. The van der Waals surface area contributed by atoms with Crippen LogP contribution in [0, 0.1) is 6.92 Å². The lowest BCUT2D eigenvalue weighted by Gasteiger charge is -2.13. The van der Waals surface area contributed by atoms with Gasteiger partial charge in [0.05, 0.1) is 5.52 Å². The van der Waals surface area contributed by atoms with E-state index in [1.165, 1.54) is 5.56 Å². The topological polar surface area (TPSA) is 50.2 Å². The Morgan fingerprint density at radius 2 is 2.20 bits per heavy atom. The second-order valence-electron chi connectivity index (χ2n) is 5.33. The van der Waals surface area contributed by atoms with Crippen LogP contribution in [0.1, 0.15) is 35.2 Å². The Balaban J connectivity index is 2.24. The largest absolute Gasteiger partial charge is 0.481 e. The summed E-state index contributed by atoms with van der Waals surface area (Å²) in [6, 6.07) is 3.86. The minimum atomic E-state index is -0.757. The molecule has 3 rings (SSSR count). The molecule has 2 aromatic rings. The molecule has 0 bridgehead atoms. The summed E-state index contributed by atoms with van der Waals surface area (Å²) in [7, 11) is 0. The number of carbonyl (C=O) groups is 1. The summed E-state index contributed by atoms with van der Waals surface area (Å²) in [5.41, 5.74) is 5.46. The van der Waals surface area contributed by atoms with Crippen LogP contribution in [-0.4, -0.2) is 16.1 Å². The molecule has 0 atom stereocenters. The van der Waals surface area contributed by atoms with E-state index in [2.05, 4.69) is 0 Å².